The van der Waals surface area contributed by atoms with Crippen molar-refractivity contribution in [3.05, 3.63) is 70.9 Å². The summed E-state index contributed by atoms with van der Waals surface area (Å²) in [6.07, 6.45) is 4.42. The molecule has 0 N–H and O–H groups in total. The summed E-state index contributed by atoms with van der Waals surface area (Å²) in [7, 11) is 0. The van der Waals surface area contributed by atoms with Crippen LogP contribution in [0.3, 0.4) is 0 Å². The molecule has 3 aromatic rings. The van der Waals surface area contributed by atoms with E-state index in [0.29, 0.717) is 5.56 Å². The number of hydrogen-bond acceptors (Lipinski definition) is 1. The van der Waals surface area contributed by atoms with Crippen molar-refractivity contribution in [2.24, 2.45) is 0 Å². The fourth-order valence-electron chi connectivity index (χ4n) is 2.95. The normalized spacial score (nSPS) is 11.0. The van der Waals surface area contributed by atoms with Crippen LogP contribution < -0.4 is 0 Å². The lowest BCUT2D eigenvalue weighted by atomic mass is 10.0. The fourth-order valence-corrected chi connectivity index (χ4v) is 4.09. The van der Waals surface area contributed by atoms with Crippen LogP contribution in [0, 0.1) is 5.82 Å². The van der Waals surface area contributed by atoms with Crippen LogP contribution in [-0.4, -0.2) is 0 Å². The van der Waals surface area contributed by atoms with Gasteiger partial charge in [0.15, 0.2) is 0 Å². The Morgan fingerprint density at radius 1 is 0.792 bits per heavy atom. The molecule has 24 heavy (non-hydrogen) atoms. The van der Waals surface area contributed by atoms with Gasteiger partial charge in [0.05, 0.1) is 0 Å². The van der Waals surface area contributed by atoms with Gasteiger partial charge in [-0.3, -0.25) is 0 Å². The molecule has 0 amide bonds. The van der Waals surface area contributed by atoms with Crippen LogP contribution in [0.15, 0.2) is 54.6 Å². The van der Waals surface area contributed by atoms with Crippen LogP contribution in [0.4, 0.5) is 4.39 Å². The molecule has 0 radical (unpaired) electrons. The molecule has 0 saturated carbocycles. The van der Waals surface area contributed by atoms with Gasteiger partial charge in [-0.25, -0.2) is 4.39 Å². The summed E-state index contributed by atoms with van der Waals surface area (Å²) in [5, 5.41) is 0. The Bertz CT molecular complexity index is 799. The van der Waals surface area contributed by atoms with E-state index in [2.05, 4.69) is 44.2 Å². The van der Waals surface area contributed by atoms with Gasteiger partial charge >= 0.3 is 0 Å². The number of thiophene rings is 1. The second kappa shape index (κ2) is 7.76. The average Bonchev–Trinajstić information content (AvgIpc) is 3.04. The number of benzene rings is 2. The van der Waals surface area contributed by atoms with Crippen molar-refractivity contribution in [3.8, 4) is 21.6 Å². The van der Waals surface area contributed by atoms with Gasteiger partial charge < -0.3 is 0 Å². The van der Waals surface area contributed by atoms with E-state index < -0.39 is 0 Å². The molecule has 2 heteroatoms. The van der Waals surface area contributed by atoms with E-state index in [1.165, 1.54) is 10.4 Å². The van der Waals surface area contributed by atoms with Gasteiger partial charge in [-0.1, -0.05) is 57.0 Å². The Morgan fingerprint density at radius 2 is 1.50 bits per heavy atom. The van der Waals surface area contributed by atoms with Crippen LogP contribution in [0.1, 0.15) is 37.1 Å². The third kappa shape index (κ3) is 3.76. The predicted octanol–water partition coefficient (Wildman–Crippen LogP) is 7.13. The summed E-state index contributed by atoms with van der Waals surface area (Å²) in [6, 6.07) is 18.2. The van der Waals surface area contributed by atoms with E-state index in [0.717, 1.165) is 41.7 Å². The highest BCUT2D eigenvalue weighted by Crippen LogP contribution is 2.33. The van der Waals surface area contributed by atoms with Crippen LogP contribution in [0.5, 0.6) is 0 Å². The molecule has 0 aliphatic rings. The molecule has 0 spiro atoms. The van der Waals surface area contributed by atoms with Crippen molar-refractivity contribution in [1.29, 1.82) is 0 Å². The first-order chi connectivity index (χ1) is 11.7. The number of aryl methyl sites for hydroxylation is 2. The molecule has 3 rings (SSSR count). The standard InChI is InChI=1S/C22H23FS/c1-3-5-16-7-9-17(10-8-16)18-11-13-20(21(23)15-18)22-14-12-19(24-22)6-4-2/h7-15H,3-6H2,1-2H3. The van der Waals surface area contributed by atoms with Crippen LogP contribution in [0.2, 0.25) is 0 Å². The molecule has 0 fully saturated rings. The first-order valence-electron chi connectivity index (χ1n) is 8.69. The van der Waals surface area contributed by atoms with Gasteiger partial charge in [0, 0.05) is 15.3 Å². The maximum atomic E-state index is 14.6. The van der Waals surface area contributed by atoms with Crippen molar-refractivity contribution in [1.82, 2.24) is 0 Å². The van der Waals surface area contributed by atoms with Crippen molar-refractivity contribution in [2.75, 3.05) is 0 Å². The molecule has 124 valence electrons. The summed E-state index contributed by atoms with van der Waals surface area (Å²) >= 11 is 1.69. The molecule has 0 aliphatic heterocycles. The van der Waals surface area contributed by atoms with Crippen LogP contribution in [-0.2, 0) is 12.8 Å². The zero-order valence-electron chi connectivity index (χ0n) is 14.3. The molecule has 0 saturated heterocycles. The molecule has 1 aromatic heterocycles. The SMILES string of the molecule is CCCc1ccc(-c2ccc(-c3ccc(CCC)s3)c(F)c2)cc1. The fraction of sp³-hybridized carbons (Fsp3) is 0.273. The van der Waals surface area contributed by atoms with E-state index in [9.17, 15) is 4.39 Å². The van der Waals surface area contributed by atoms with Crippen molar-refractivity contribution < 1.29 is 4.39 Å². The Morgan fingerprint density at radius 3 is 2.17 bits per heavy atom. The van der Waals surface area contributed by atoms with E-state index in [1.54, 1.807) is 17.4 Å². The average molecular weight is 338 g/mol. The Balaban J connectivity index is 1.86. The molecule has 2 aromatic carbocycles. The quantitative estimate of drug-likeness (QED) is 0.448. The van der Waals surface area contributed by atoms with Gasteiger partial charge in [0.25, 0.3) is 0 Å². The van der Waals surface area contributed by atoms with Gasteiger partial charge in [0.1, 0.15) is 5.82 Å². The van der Waals surface area contributed by atoms with Gasteiger partial charge in [-0.15, -0.1) is 11.3 Å². The summed E-state index contributed by atoms with van der Waals surface area (Å²) < 4.78 is 14.6. The topological polar surface area (TPSA) is 0 Å². The van der Waals surface area contributed by atoms with Gasteiger partial charge in [-0.05, 0) is 53.8 Å². The first-order valence-corrected chi connectivity index (χ1v) is 9.51. The van der Waals surface area contributed by atoms with Gasteiger partial charge in [-0.2, -0.15) is 0 Å². The third-order valence-corrected chi connectivity index (χ3v) is 5.40. The van der Waals surface area contributed by atoms with Crippen molar-refractivity contribution in [3.63, 3.8) is 0 Å². The summed E-state index contributed by atoms with van der Waals surface area (Å²) in [6.45, 7) is 4.35. The largest absolute Gasteiger partial charge is 0.206 e. The number of halogens is 1. The van der Waals surface area contributed by atoms with Crippen molar-refractivity contribution in [2.45, 2.75) is 39.5 Å². The summed E-state index contributed by atoms with van der Waals surface area (Å²) in [5.41, 5.74) is 4.04. The minimum atomic E-state index is -0.143. The van der Waals surface area contributed by atoms with E-state index in [1.807, 2.05) is 18.2 Å². The minimum Gasteiger partial charge on any atom is -0.206 e. The molecule has 0 atom stereocenters. The monoisotopic (exact) mass is 338 g/mol. The van der Waals surface area contributed by atoms with Crippen LogP contribution >= 0.6 is 11.3 Å². The Kier molecular flexibility index (Phi) is 5.47. The van der Waals surface area contributed by atoms with E-state index >= 15 is 0 Å². The number of hydrogen-bond donors (Lipinski definition) is 0. The molecule has 0 aliphatic carbocycles. The lowest BCUT2D eigenvalue weighted by molar-refractivity contribution is 0.632. The minimum absolute atomic E-state index is 0.143. The highest BCUT2D eigenvalue weighted by Gasteiger charge is 2.10. The molecular formula is C22H23FS. The molecule has 0 bridgehead atoms. The molecular weight excluding hydrogens is 315 g/mol. The zero-order chi connectivity index (χ0) is 16.9. The van der Waals surface area contributed by atoms with E-state index in [-0.39, 0.29) is 5.82 Å². The number of rotatable bonds is 6. The molecule has 1 heterocycles. The van der Waals surface area contributed by atoms with Gasteiger partial charge in [0.2, 0.25) is 0 Å². The Hall–Kier alpha value is -1.93. The highest BCUT2D eigenvalue weighted by atomic mass is 32.1. The maximum Gasteiger partial charge on any atom is 0.132 e. The molecule has 0 nitrogen and oxygen atoms in total. The summed E-state index contributed by atoms with van der Waals surface area (Å²) in [5.74, 6) is -0.143. The van der Waals surface area contributed by atoms with E-state index in [4.69, 9.17) is 0 Å². The molecule has 0 unspecified atom stereocenters. The summed E-state index contributed by atoms with van der Waals surface area (Å²) in [4.78, 5) is 2.34. The maximum absolute atomic E-state index is 14.6. The highest BCUT2D eigenvalue weighted by molar-refractivity contribution is 7.15. The third-order valence-electron chi connectivity index (χ3n) is 4.22. The first kappa shape index (κ1) is 16.9. The zero-order valence-corrected chi connectivity index (χ0v) is 15.1. The van der Waals surface area contributed by atoms with Crippen LogP contribution in [0.25, 0.3) is 21.6 Å². The predicted molar refractivity (Wildman–Crippen MR) is 103 cm³/mol. The smallest absolute Gasteiger partial charge is 0.132 e. The lowest BCUT2D eigenvalue weighted by Crippen LogP contribution is -1.86. The Labute approximate surface area is 148 Å². The second-order valence-corrected chi connectivity index (χ2v) is 7.33. The lowest BCUT2D eigenvalue weighted by Gasteiger charge is -2.07. The second-order valence-electron chi connectivity index (χ2n) is 6.16. The van der Waals surface area contributed by atoms with Crippen molar-refractivity contribution >= 4 is 11.3 Å².